The van der Waals surface area contributed by atoms with Crippen LogP contribution in [0.15, 0.2) is 24.4 Å². The smallest absolute Gasteiger partial charge is 0.253 e. The number of hydrogen-bond acceptors (Lipinski definition) is 4. The third-order valence-electron chi connectivity index (χ3n) is 2.93. The summed E-state index contributed by atoms with van der Waals surface area (Å²) in [5.74, 6) is -0.165. The maximum absolute atomic E-state index is 12.2. The van der Waals surface area contributed by atoms with Crippen LogP contribution < -0.4 is 11.1 Å². The fourth-order valence-corrected chi connectivity index (χ4v) is 2.56. The highest BCUT2D eigenvalue weighted by atomic mass is 32.1. The van der Waals surface area contributed by atoms with Crippen LogP contribution in [0.3, 0.4) is 0 Å². The molecule has 1 aromatic heterocycles. The van der Waals surface area contributed by atoms with Crippen LogP contribution in [0.1, 0.15) is 38.8 Å². The molecule has 0 aliphatic heterocycles. The van der Waals surface area contributed by atoms with Crippen molar-refractivity contribution in [2.24, 2.45) is 0 Å². The number of aromatic nitrogens is 1. The van der Waals surface area contributed by atoms with Crippen molar-refractivity contribution in [3.63, 3.8) is 0 Å². The minimum absolute atomic E-state index is 0.119. The number of benzene rings is 1. The number of nitrogens with two attached hydrogens (primary N) is 1. The van der Waals surface area contributed by atoms with Crippen LogP contribution in [0, 0.1) is 13.8 Å². The number of para-hydroxylation sites is 1. The Morgan fingerprint density at radius 3 is 2.79 bits per heavy atom. The van der Waals surface area contributed by atoms with Crippen molar-refractivity contribution in [1.29, 1.82) is 0 Å². The predicted molar refractivity (Wildman–Crippen MR) is 78.3 cm³/mol. The van der Waals surface area contributed by atoms with Crippen LogP contribution >= 0.6 is 11.3 Å². The van der Waals surface area contributed by atoms with E-state index in [0.717, 1.165) is 15.4 Å². The summed E-state index contributed by atoms with van der Waals surface area (Å²) in [6.07, 6.45) is 1.81. The lowest BCUT2D eigenvalue weighted by molar-refractivity contribution is 0.0940. The van der Waals surface area contributed by atoms with E-state index in [-0.39, 0.29) is 11.9 Å². The van der Waals surface area contributed by atoms with Gasteiger partial charge in [0.05, 0.1) is 11.6 Å². The molecule has 0 radical (unpaired) electrons. The number of aryl methyl sites for hydroxylation is 2. The van der Waals surface area contributed by atoms with Gasteiger partial charge in [0, 0.05) is 16.8 Å². The third-order valence-corrected chi connectivity index (χ3v) is 4.02. The number of amides is 1. The normalized spacial score (nSPS) is 12.2. The number of thiazole rings is 1. The van der Waals surface area contributed by atoms with Gasteiger partial charge in [0.25, 0.3) is 5.91 Å². The van der Waals surface area contributed by atoms with E-state index in [0.29, 0.717) is 11.3 Å². The van der Waals surface area contributed by atoms with Crippen LogP contribution in [0.5, 0.6) is 0 Å². The summed E-state index contributed by atoms with van der Waals surface area (Å²) in [5.41, 5.74) is 7.88. The van der Waals surface area contributed by atoms with E-state index in [1.807, 2.05) is 39.1 Å². The SMILES string of the molecule is Cc1cnc(C(C)NC(=O)c2cccc(C)c2N)s1. The van der Waals surface area contributed by atoms with Gasteiger partial charge in [-0.2, -0.15) is 0 Å². The Morgan fingerprint density at radius 2 is 2.16 bits per heavy atom. The Labute approximate surface area is 116 Å². The Morgan fingerprint density at radius 1 is 1.42 bits per heavy atom. The molecule has 1 aromatic carbocycles. The summed E-state index contributed by atoms with van der Waals surface area (Å²) in [5, 5.41) is 3.82. The Balaban J connectivity index is 2.15. The Hall–Kier alpha value is -1.88. The molecule has 3 N–H and O–H groups in total. The van der Waals surface area contributed by atoms with Crippen molar-refractivity contribution in [1.82, 2.24) is 10.3 Å². The molecule has 4 nitrogen and oxygen atoms in total. The highest BCUT2D eigenvalue weighted by Gasteiger charge is 2.16. The fraction of sp³-hybridized carbons (Fsp3) is 0.286. The number of nitrogen functional groups attached to an aromatic ring is 1. The standard InChI is InChI=1S/C14H17N3OS/c1-8-5-4-6-11(12(8)15)13(18)17-10(3)14-16-7-9(2)19-14/h4-7,10H,15H2,1-3H3,(H,17,18). The van der Waals surface area contributed by atoms with E-state index in [1.165, 1.54) is 0 Å². The van der Waals surface area contributed by atoms with Crippen LogP contribution in [-0.2, 0) is 0 Å². The van der Waals surface area contributed by atoms with E-state index in [2.05, 4.69) is 10.3 Å². The van der Waals surface area contributed by atoms with Crippen LogP contribution in [0.25, 0.3) is 0 Å². The summed E-state index contributed by atoms with van der Waals surface area (Å²) in [6.45, 7) is 5.80. The molecule has 2 rings (SSSR count). The molecular weight excluding hydrogens is 258 g/mol. The number of hydrogen-bond donors (Lipinski definition) is 2. The van der Waals surface area contributed by atoms with Gasteiger partial charge in [0.2, 0.25) is 0 Å². The maximum atomic E-state index is 12.2. The molecule has 0 saturated heterocycles. The molecule has 0 bridgehead atoms. The van der Waals surface area contributed by atoms with Crippen molar-refractivity contribution in [2.75, 3.05) is 5.73 Å². The van der Waals surface area contributed by atoms with Crippen molar-refractivity contribution >= 4 is 22.9 Å². The monoisotopic (exact) mass is 275 g/mol. The number of carbonyl (C=O) groups is 1. The summed E-state index contributed by atoms with van der Waals surface area (Å²) in [7, 11) is 0. The molecule has 5 heteroatoms. The molecule has 100 valence electrons. The maximum Gasteiger partial charge on any atom is 0.253 e. The van der Waals surface area contributed by atoms with Gasteiger partial charge in [-0.25, -0.2) is 4.98 Å². The third kappa shape index (κ3) is 2.93. The minimum atomic E-state index is -0.165. The molecule has 2 aromatic rings. The number of anilines is 1. The summed E-state index contributed by atoms with van der Waals surface area (Å²) >= 11 is 1.58. The van der Waals surface area contributed by atoms with Gasteiger partial charge < -0.3 is 11.1 Å². The van der Waals surface area contributed by atoms with Crippen LogP contribution in [-0.4, -0.2) is 10.9 Å². The van der Waals surface area contributed by atoms with Gasteiger partial charge in [-0.3, -0.25) is 4.79 Å². The van der Waals surface area contributed by atoms with E-state index in [4.69, 9.17) is 5.73 Å². The topological polar surface area (TPSA) is 68.0 Å². The molecule has 1 heterocycles. The molecule has 19 heavy (non-hydrogen) atoms. The molecule has 1 unspecified atom stereocenters. The van der Waals surface area contributed by atoms with Gasteiger partial charge in [-0.15, -0.1) is 11.3 Å². The van der Waals surface area contributed by atoms with E-state index in [9.17, 15) is 4.79 Å². The van der Waals surface area contributed by atoms with Crippen LogP contribution in [0.2, 0.25) is 0 Å². The lowest BCUT2D eigenvalue weighted by Crippen LogP contribution is -2.27. The van der Waals surface area contributed by atoms with Gasteiger partial charge >= 0.3 is 0 Å². The van der Waals surface area contributed by atoms with Crippen LogP contribution in [0.4, 0.5) is 5.69 Å². The molecule has 0 fully saturated rings. The molecule has 0 spiro atoms. The first kappa shape index (κ1) is 13.5. The summed E-state index contributed by atoms with van der Waals surface area (Å²) < 4.78 is 0. The quantitative estimate of drug-likeness (QED) is 0.846. The second-order valence-electron chi connectivity index (χ2n) is 4.54. The predicted octanol–water partition coefficient (Wildman–Crippen LogP) is 2.83. The summed E-state index contributed by atoms with van der Waals surface area (Å²) in [4.78, 5) is 17.6. The number of nitrogens with one attached hydrogen (secondary N) is 1. The lowest BCUT2D eigenvalue weighted by atomic mass is 10.1. The highest BCUT2D eigenvalue weighted by Crippen LogP contribution is 2.21. The average Bonchev–Trinajstić information content (AvgIpc) is 2.79. The van der Waals surface area contributed by atoms with Gasteiger partial charge in [-0.1, -0.05) is 12.1 Å². The average molecular weight is 275 g/mol. The Kier molecular flexibility index (Phi) is 3.85. The highest BCUT2D eigenvalue weighted by molar-refractivity contribution is 7.11. The van der Waals surface area contributed by atoms with Crippen molar-refractivity contribution in [3.05, 3.63) is 45.4 Å². The first-order chi connectivity index (χ1) is 8.99. The molecule has 0 saturated carbocycles. The number of rotatable bonds is 3. The lowest BCUT2D eigenvalue weighted by Gasteiger charge is -2.13. The Bertz CT molecular complexity index is 606. The van der Waals surface area contributed by atoms with E-state index in [1.54, 1.807) is 17.4 Å². The number of carbonyl (C=O) groups excluding carboxylic acids is 1. The fourth-order valence-electron chi connectivity index (χ4n) is 1.79. The molecule has 1 atom stereocenters. The second-order valence-corrected chi connectivity index (χ2v) is 5.81. The van der Waals surface area contributed by atoms with E-state index < -0.39 is 0 Å². The zero-order valence-electron chi connectivity index (χ0n) is 11.2. The molecule has 0 aliphatic carbocycles. The zero-order valence-corrected chi connectivity index (χ0v) is 12.0. The molecular formula is C14H17N3OS. The number of nitrogens with zero attached hydrogens (tertiary/aromatic N) is 1. The van der Waals surface area contributed by atoms with Gasteiger partial charge in [0.15, 0.2) is 0 Å². The molecule has 1 amide bonds. The second kappa shape index (κ2) is 5.40. The first-order valence-corrected chi connectivity index (χ1v) is 6.89. The zero-order chi connectivity index (χ0) is 14.0. The van der Waals surface area contributed by atoms with Crippen molar-refractivity contribution in [2.45, 2.75) is 26.8 Å². The van der Waals surface area contributed by atoms with Gasteiger partial charge in [-0.05, 0) is 32.4 Å². The van der Waals surface area contributed by atoms with Crippen molar-refractivity contribution < 1.29 is 4.79 Å². The van der Waals surface area contributed by atoms with E-state index >= 15 is 0 Å². The largest absolute Gasteiger partial charge is 0.398 e. The van der Waals surface area contributed by atoms with Gasteiger partial charge in [0.1, 0.15) is 5.01 Å². The minimum Gasteiger partial charge on any atom is -0.398 e. The first-order valence-electron chi connectivity index (χ1n) is 6.07. The van der Waals surface area contributed by atoms with Crippen molar-refractivity contribution in [3.8, 4) is 0 Å². The summed E-state index contributed by atoms with van der Waals surface area (Å²) in [6, 6.07) is 5.34. The molecule has 0 aliphatic rings.